The summed E-state index contributed by atoms with van der Waals surface area (Å²) in [6.07, 6.45) is 11.0. The predicted octanol–water partition coefficient (Wildman–Crippen LogP) is 10.6. The topological polar surface area (TPSA) is 199 Å². The van der Waals surface area contributed by atoms with Crippen molar-refractivity contribution in [3.05, 3.63) is 144 Å². The lowest BCUT2D eigenvalue weighted by Gasteiger charge is -2.32. The third kappa shape index (κ3) is 16.8. The van der Waals surface area contributed by atoms with Crippen LogP contribution >= 0.6 is 23.2 Å². The van der Waals surface area contributed by atoms with Gasteiger partial charge >= 0.3 is 11.9 Å². The van der Waals surface area contributed by atoms with Crippen LogP contribution in [0.4, 0.5) is 0 Å². The lowest BCUT2D eigenvalue weighted by Crippen LogP contribution is -2.37. The quantitative estimate of drug-likeness (QED) is 0.0349. The molecule has 3 aliphatic carbocycles. The molecule has 21 heteroatoms. The van der Waals surface area contributed by atoms with E-state index in [9.17, 15) is 24.3 Å². The molecule has 0 spiro atoms. The minimum absolute atomic E-state index is 0.00114. The number of rotatable bonds is 23. The Labute approximate surface area is 484 Å². The number of fused-ring (bicyclic) bond motifs is 4. The van der Waals surface area contributed by atoms with E-state index in [1.165, 1.54) is 39.9 Å². The second-order valence-corrected chi connectivity index (χ2v) is 35.6. The van der Waals surface area contributed by atoms with Crippen molar-refractivity contribution in [1.29, 1.82) is 0 Å². The zero-order valence-electron chi connectivity index (χ0n) is 47.7. The van der Waals surface area contributed by atoms with Crippen molar-refractivity contribution in [2.45, 2.75) is 116 Å². The van der Waals surface area contributed by atoms with Crippen molar-refractivity contribution >= 4 is 84.0 Å². The molecule has 3 aromatic heterocycles. The third-order valence-electron chi connectivity index (χ3n) is 14.5. The van der Waals surface area contributed by atoms with E-state index in [0.717, 1.165) is 53.4 Å². The van der Waals surface area contributed by atoms with Gasteiger partial charge in [0.25, 0.3) is 0 Å². The van der Waals surface area contributed by atoms with E-state index in [-0.39, 0.29) is 53.7 Å². The van der Waals surface area contributed by atoms with Gasteiger partial charge in [0, 0.05) is 68.9 Å². The van der Waals surface area contributed by atoms with Crippen molar-refractivity contribution in [3.63, 3.8) is 0 Å². The molecular weight excluding hydrogens is 1110 g/mol. The third-order valence-corrected chi connectivity index (χ3v) is 18.5. The predicted molar refractivity (Wildman–Crippen MR) is 322 cm³/mol. The molecule has 6 aromatic rings. The molecule has 4 heterocycles. The molecule has 17 nitrogen and oxygen atoms in total. The standard InChI is InChI=1S/C30H38ClN3O5Si.C19H28ClNO3Si.C11H10N2O3/c1-37-29(35)15-25-30(36)23-7-5-6-8-26(23)34(32-25)17-22-13-21-14-24(31)28(39-18-20-9-10-20)16-27(21)33(22)19-38-11-12-40(2,3)4;1-25(2,3)7-6-23-13-21-16(11-22)8-15-9-17(20)19(10-18(15)21)24-12-14-4-5-14;1-16-10(14)6-9-11(15)7-4-2-3-5-8(7)12-13-9/h5-8,13-14,16,20-21,27H,9-12,15,17-19H2,1-4H3;8-10,14,22H,4-7,11-13H2,1-3H3;2-5H,6H2,1H3,(H,12,15). The molecule has 0 amide bonds. The normalized spacial score (nSPS) is 16.9. The highest BCUT2D eigenvalue weighted by atomic mass is 35.5. The Kier molecular flexibility index (Phi) is 20.6. The molecule has 10 rings (SSSR count). The van der Waals surface area contributed by atoms with Crippen LogP contribution in [0.15, 0.2) is 111 Å². The zero-order chi connectivity index (χ0) is 58.0. The van der Waals surface area contributed by atoms with Crippen LogP contribution in [0.25, 0.3) is 32.7 Å². The molecule has 2 saturated carbocycles. The number of hydrogen-bond donors (Lipinski definition) is 2. The average molecular weight is 1180 g/mol. The van der Waals surface area contributed by atoms with Gasteiger partial charge in [0.05, 0.1) is 86.1 Å². The van der Waals surface area contributed by atoms with E-state index in [0.29, 0.717) is 82.7 Å². The number of aromatic nitrogens is 5. The Hall–Kier alpha value is -6.07. The van der Waals surface area contributed by atoms with Crippen molar-refractivity contribution in [1.82, 2.24) is 29.4 Å². The van der Waals surface area contributed by atoms with Crippen LogP contribution in [0.5, 0.6) is 5.75 Å². The number of hydrogen-bond acceptors (Lipinski definition) is 14. The number of nitrogens with zero attached hydrogens (tertiary/aromatic N) is 5. The van der Waals surface area contributed by atoms with Gasteiger partial charge in [-0.05, 0) is 92.1 Å². The first-order valence-electron chi connectivity index (χ1n) is 27.7. The molecule has 2 atom stereocenters. The summed E-state index contributed by atoms with van der Waals surface area (Å²) in [6, 6.07) is 22.4. The minimum Gasteiger partial charge on any atom is -0.492 e. The number of esters is 2. The number of allylic oxidation sites excluding steroid dienone is 2. The molecule has 4 aliphatic rings. The molecule has 434 valence electrons. The second kappa shape index (κ2) is 27.3. The van der Waals surface area contributed by atoms with E-state index in [2.05, 4.69) is 82.4 Å². The van der Waals surface area contributed by atoms with E-state index in [4.69, 9.17) is 46.9 Å². The molecule has 0 bridgehead atoms. The highest BCUT2D eigenvalue weighted by Crippen LogP contribution is 2.40. The highest BCUT2D eigenvalue weighted by molar-refractivity contribution is 6.76. The molecular formula is C60H76Cl2N6O11Si2. The number of para-hydroxylation sites is 2. The van der Waals surface area contributed by atoms with E-state index >= 15 is 0 Å². The molecule has 2 N–H and O–H groups in total. The van der Waals surface area contributed by atoms with E-state index in [1.54, 1.807) is 35.0 Å². The summed E-state index contributed by atoms with van der Waals surface area (Å²) in [4.78, 5) is 50.3. The highest BCUT2D eigenvalue weighted by Gasteiger charge is 2.37. The van der Waals surface area contributed by atoms with Gasteiger partial charge in [0.1, 0.15) is 36.4 Å². The summed E-state index contributed by atoms with van der Waals surface area (Å²) in [6.45, 7) is 18.1. The molecule has 3 aromatic carbocycles. The number of aliphatic hydroxyl groups is 1. The van der Waals surface area contributed by atoms with Gasteiger partial charge in [-0.25, -0.2) is 0 Å². The van der Waals surface area contributed by atoms with Crippen LogP contribution in [0.1, 0.15) is 42.8 Å². The number of nitrogens with one attached hydrogen (secondary N) is 1. The number of benzene rings is 3. The zero-order valence-corrected chi connectivity index (χ0v) is 51.2. The van der Waals surface area contributed by atoms with Crippen molar-refractivity contribution in [2.24, 2.45) is 17.8 Å². The van der Waals surface area contributed by atoms with Crippen LogP contribution in [0.2, 0.25) is 56.4 Å². The van der Waals surface area contributed by atoms with Crippen molar-refractivity contribution < 1.29 is 43.1 Å². The van der Waals surface area contributed by atoms with Gasteiger partial charge in [-0.3, -0.25) is 29.0 Å². The smallest absolute Gasteiger partial charge is 0.311 e. The summed E-state index contributed by atoms with van der Waals surface area (Å²) in [5, 5.41) is 24.2. The van der Waals surface area contributed by atoms with E-state index in [1.807, 2.05) is 41.0 Å². The SMILES string of the molecule is COC(=O)Cc1n[nH]c2ccccc2c1=O.COC(=O)Cc1nn(CC2=CC3C=C(Cl)C(OCC4CC4)=CC3N2COCC[Si](C)(C)C)c2ccccc2c1=O.C[Si](C)(C)CCOCn1c(CO)cc2cc(Cl)c(OCC3CC3)cc21. The number of halogens is 2. The number of methoxy groups -OCH3 is 2. The maximum absolute atomic E-state index is 13.1. The summed E-state index contributed by atoms with van der Waals surface area (Å²) >= 11 is 13.0. The van der Waals surface area contributed by atoms with Gasteiger partial charge in [0.15, 0.2) is 0 Å². The van der Waals surface area contributed by atoms with Gasteiger partial charge in [0.2, 0.25) is 10.9 Å². The summed E-state index contributed by atoms with van der Waals surface area (Å²) in [5.74, 6) is 1.82. The summed E-state index contributed by atoms with van der Waals surface area (Å²) in [5.41, 5.74) is 4.03. The Morgan fingerprint density at radius 3 is 1.98 bits per heavy atom. The van der Waals surface area contributed by atoms with Crippen LogP contribution in [-0.4, -0.2) is 116 Å². The number of aliphatic hydroxyl groups excluding tert-OH is 1. The second-order valence-electron chi connectivity index (χ2n) is 23.5. The Bertz CT molecular complexity index is 3430. The summed E-state index contributed by atoms with van der Waals surface area (Å²) < 4.78 is 37.3. The van der Waals surface area contributed by atoms with Gasteiger partial charge in [-0.2, -0.15) is 10.2 Å². The van der Waals surface area contributed by atoms with Crippen LogP contribution in [0, 0.1) is 17.8 Å². The molecule has 2 unspecified atom stereocenters. The Balaban J connectivity index is 0.000000178. The molecule has 81 heavy (non-hydrogen) atoms. The molecule has 2 fully saturated rings. The first-order valence-corrected chi connectivity index (χ1v) is 35.9. The Morgan fingerprint density at radius 2 is 1.33 bits per heavy atom. The lowest BCUT2D eigenvalue weighted by atomic mass is 9.96. The number of aromatic amines is 1. The summed E-state index contributed by atoms with van der Waals surface area (Å²) in [7, 11) is 0.235. The minimum atomic E-state index is -1.24. The first-order chi connectivity index (χ1) is 38.7. The maximum atomic E-state index is 13.1. The van der Waals surface area contributed by atoms with Crippen LogP contribution in [-0.2, 0) is 66.0 Å². The maximum Gasteiger partial charge on any atom is 0.311 e. The Morgan fingerprint density at radius 1 is 0.728 bits per heavy atom. The molecule has 1 aliphatic heterocycles. The number of H-pyrrole nitrogens is 1. The number of carbonyl (C=O) groups is 2. The number of ether oxygens (including phenoxy) is 6. The lowest BCUT2D eigenvalue weighted by molar-refractivity contribution is -0.140. The molecule has 0 radical (unpaired) electrons. The fourth-order valence-electron chi connectivity index (χ4n) is 9.18. The van der Waals surface area contributed by atoms with Crippen LogP contribution < -0.4 is 15.6 Å². The first kappa shape index (κ1) is 61.0. The molecule has 0 saturated heterocycles. The fraction of sp³-hybridized carbons (Fsp3) is 0.467. The average Bonchev–Trinajstić information content (AvgIpc) is 4.51. The largest absolute Gasteiger partial charge is 0.492 e. The van der Waals surface area contributed by atoms with Crippen molar-refractivity contribution in [3.8, 4) is 5.75 Å². The van der Waals surface area contributed by atoms with Crippen molar-refractivity contribution in [2.75, 3.05) is 47.4 Å². The monoisotopic (exact) mass is 1180 g/mol. The number of carbonyl (C=O) groups excluding carboxylic acids is 2. The van der Waals surface area contributed by atoms with Gasteiger partial charge < -0.3 is 43.0 Å². The van der Waals surface area contributed by atoms with Crippen LogP contribution in [0.3, 0.4) is 0 Å². The van der Waals surface area contributed by atoms with E-state index < -0.39 is 28.1 Å². The van der Waals surface area contributed by atoms with Gasteiger partial charge in [-0.15, -0.1) is 0 Å². The fourth-order valence-corrected chi connectivity index (χ4v) is 11.2. The van der Waals surface area contributed by atoms with Gasteiger partial charge in [-0.1, -0.05) is 98.9 Å².